The molecule has 0 aliphatic rings. The molecule has 0 bridgehead atoms. The van der Waals surface area contributed by atoms with Crippen molar-refractivity contribution in [3.8, 4) is 0 Å². The Balaban J connectivity index is 4.36. The molecule has 0 aliphatic heterocycles. The van der Waals surface area contributed by atoms with Gasteiger partial charge in [-0.2, -0.15) is 0 Å². The summed E-state index contributed by atoms with van der Waals surface area (Å²) >= 11 is 0. The predicted octanol–water partition coefficient (Wildman–Crippen LogP) is 9.60. The highest BCUT2D eigenvalue weighted by atomic mass is 31.2. The summed E-state index contributed by atoms with van der Waals surface area (Å²) in [6.07, 6.45) is 35.7. The number of carbonyl (C=O) groups excluding carboxylic acids is 2. The summed E-state index contributed by atoms with van der Waals surface area (Å²) in [6, 6.07) is 0. The molecule has 1 unspecified atom stereocenters. The molecule has 272 valence electrons. The Labute approximate surface area is 286 Å². The normalized spacial score (nSPS) is 14.0. The molecule has 2 atom stereocenters. The Morgan fingerprint density at radius 2 is 1.13 bits per heavy atom. The maximum Gasteiger partial charge on any atom is 0.472 e. The predicted molar refractivity (Wildman–Crippen MR) is 192 cm³/mol. The second-order valence-electron chi connectivity index (χ2n) is 11.7. The van der Waals surface area contributed by atoms with E-state index in [4.69, 9.17) is 24.3 Å². The number of phosphoric ester groups is 1. The SMILES string of the molecule is CCCC/C=C/CCCCCCCC(=O)OC[C@H](COP(=O)(O)OCCN)OC(=O)CCCC/C=C/C/C=C/C/C=C/CCCCC. The first-order valence-corrected chi connectivity index (χ1v) is 19.6. The zero-order valence-corrected chi connectivity index (χ0v) is 30.4. The van der Waals surface area contributed by atoms with E-state index in [0.717, 1.165) is 70.6 Å². The van der Waals surface area contributed by atoms with Crippen LogP contribution in [0.5, 0.6) is 0 Å². The lowest BCUT2D eigenvalue weighted by molar-refractivity contribution is -0.161. The third-order valence-corrected chi connectivity index (χ3v) is 8.17. The van der Waals surface area contributed by atoms with Gasteiger partial charge in [0.15, 0.2) is 6.10 Å². The molecule has 47 heavy (non-hydrogen) atoms. The van der Waals surface area contributed by atoms with Gasteiger partial charge in [0.1, 0.15) is 6.61 Å². The second-order valence-corrected chi connectivity index (χ2v) is 13.2. The van der Waals surface area contributed by atoms with E-state index in [-0.39, 0.29) is 32.6 Å². The lowest BCUT2D eigenvalue weighted by Crippen LogP contribution is -2.29. The van der Waals surface area contributed by atoms with Crippen LogP contribution in [0, 0.1) is 0 Å². The first-order chi connectivity index (χ1) is 22.8. The number of esters is 2. The van der Waals surface area contributed by atoms with E-state index in [1.165, 1.54) is 32.1 Å². The van der Waals surface area contributed by atoms with Crippen molar-refractivity contribution in [3.05, 3.63) is 48.6 Å². The fraction of sp³-hybridized carbons (Fsp3) is 0.730. The van der Waals surface area contributed by atoms with Crippen LogP contribution < -0.4 is 5.73 Å². The van der Waals surface area contributed by atoms with Crippen molar-refractivity contribution < 1.29 is 37.6 Å². The van der Waals surface area contributed by atoms with Crippen molar-refractivity contribution in [2.75, 3.05) is 26.4 Å². The molecule has 0 aliphatic carbocycles. The molecule has 3 N–H and O–H groups in total. The van der Waals surface area contributed by atoms with E-state index >= 15 is 0 Å². The van der Waals surface area contributed by atoms with E-state index in [2.05, 4.69) is 62.5 Å². The van der Waals surface area contributed by atoms with E-state index in [1.54, 1.807) is 0 Å². The molecule has 10 heteroatoms. The lowest BCUT2D eigenvalue weighted by atomic mass is 10.1. The van der Waals surface area contributed by atoms with Crippen LogP contribution in [0.4, 0.5) is 0 Å². The van der Waals surface area contributed by atoms with Gasteiger partial charge in [0, 0.05) is 19.4 Å². The number of hydrogen-bond acceptors (Lipinski definition) is 8. The van der Waals surface area contributed by atoms with Gasteiger partial charge in [-0.25, -0.2) is 4.57 Å². The standard InChI is InChI=1S/C37H66NO8P/c1-3-5-7-9-11-13-15-16-17-18-20-22-24-26-28-30-37(40)46-35(34-45-47(41,42)44-32-31-38)33-43-36(39)29-27-25-23-21-19-14-12-10-8-6-4-2/h10-13,16-17,20,22,35H,3-9,14-15,18-19,21,23-34,38H2,1-2H3,(H,41,42)/b12-10+,13-11+,17-16+,22-20+/t35-/m1/s1. The molecule has 0 rings (SSSR count). The maximum absolute atomic E-state index is 12.5. The number of allylic oxidation sites excluding steroid dienone is 8. The van der Waals surface area contributed by atoms with Crippen molar-refractivity contribution in [3.63, 3.8) is 0 Å². The molecule has 0 saturated carbocycles. The minimum atomic E-state index is -4.38. The molecule has 0 heterocycles. The third-order valence-electron chi connectivity index (χ3n) is 7.19. The number of nitrogens with two attached hydrogens (primary N) is 1. The topological polar surface area (TPSA) is 134 Å². The van der Waals surface area contributed by atoms with Crippen molar-refractivity contribution in [1.29, 1.82) is 0 Å². The second kappa shape index (κ2) is 33.9. The van der Waals surface area contributed by atoms with E-state index < -0.39 is 32.5 Å². The van der Waals surface area contributed by atoms with E-state index in [1.807, 2.05) is 0 Å². The smallest absolute Gasteiger partial charge is 0.462 e. The van der Waals surface area contributed by atoms with Crippen LogP contribution in [0.2, 0.25) is 0 Å². The summed E-state index contributed by atoms with van der Waals surface area (Å²) in [5.74, 6) is -0.892. The molecule has 0 aromatic heterocycles. The van der Waals surface area contributed by atoms with Gasteiger partial charge >= 0.3 is 19.8 Å². The van der Waals surface area contributed by atoms with Gasteiger partial charge in [0.05, 0.1) is 13.2 Å². The zero-order valence-electron chi connectivity index (χ0n) is 29.5. The summed E-state index contributed by atoms with van der Waals surface area (Å²) in [5.41, 5.74) is 5.32. The van der Waals surface area contributed by atoms with Gasteiger partial charge in [-0.3, -0.25) is 18.6 Å². The van der Waals surface area contributed by atoms with Crippen LogP contribution in [0.1, 0.15) is 142 Å². The monoisotopic (exact) mass is 683 g/mol. The molecule has 0 aromatic carbocycles. The molecular formula is C37H66NO8P. The number of unbranched alkanes of at least 4 members (excludes halogenated alkanes) is 12. The largest absolute Gasteiger partial charge is 0.472 e. The Kier molecular flexibility index (Phi) is 32.4. The lowest BCUT2D eigenvalue weighted by Gasteiger charge is -2.19. The molecular weight excluding hydrogens is 617 g/mol. The first kappa shape index (κ1) is 45.0. The van der Waals surface area contributed by atoms with Crippen molar-refractivity contribution in [2.24, 2.45) is 5.73 Å². The molecule has 0 spiro atoms. The molecule has 0 radical (unpaired) electrons. The zero-order chi connectivity index (χ0) is 34.7. The van der Waals surface area contributed by atoms with Gasteiger partial charge in [-0.1, -0.05) is 107 Å². The Hall–Kier alpha value is -2.03. The fourth-order valence-corrected chi connectivity index (χ4v) is 5.21. The van der Waals surface area contributed by atoms with E-state index in [0.29, 0.717) is 12.8 Å². The summed E-state index contributed by atoms with van der Waals surface area (Å²) in [7, 11) is -4.38. The van der Waals surface area contributed by atoms with Gasteiger partial charge < -0.3 is 20.1 Å². The Morgan fingerprint density at radius 3 is 1.77 bits per heavy atom. The molecule has 0 aromatic rings. The van der Waals surface area contributed by atoms with Crippen LogP contribution in [0.25, 0.3) is 0 Å². The van der Waals surface area contributed by atoms with Crippen LogP contribution in [-0.4, -0.2) is 49.3 Å². The minimum Gasteiger partial charge on any atom is -0.462 e. The summed E-state index contributed by atoms with van der Waals surface area (Å²) in [5, 5.41) is 0. The van der Waals surface area contributed by atoms with Crippen molar-refractivity contribution in [1.82, 2.24) is 0 Å². The quantitative estimate of drug-likeness (QED) is 0.0300. The van der Waals surface area contributed by atoms with Gasteiger partial charge in [0.2, 0.25) is 0 Å². The fourth-order valence-electron chi connectivity index (χ4n) is 4.44. The van der Waals surface area contributed by atoms with Crippen LogP contribution in [-0.2, 0) is 32.7 Å². The molecule has 0 amide bonds. The number of ether oxygens (including phenoxy) is 2. The average Bonchev–Trinajstić information content (AvgIpc) is 3.05. The highest BCUT2D eigenvalue weighted by Crippen LogP contribution is 2.43. The molecule has 0 fully saturated rings. The highest BCUT2D eigenvalue weighted by Gasteiger charge is 2.25. The van der Waals surface area contributed by atoms with Gasteiger partial charge in [0.25, 0.3) is 0 Å². The minimum absolute atomic E-state index is 0.0444. The van der Waals surface area contributed by atoms with Gasteiger partial charge in [-0.15, -0.1) is 0 Å². The Bertz CT molecular complexity index is 918. The van der Waals surface area contributed by atoms with Crippen LogP contribution in [0.15, 0.2) is 48.6 Å². The van der Waals surface area contributed by atoms with Crippen molar-refractivity contribution >= 4 is 19.8 Å². The number of hydrogen-bond donors (Lipinski definition) is 2. The van der Waals surface area contributed by atoms with Crippen LogP contribution in [0.3, 0.4) is 0 Å². The summed E-state index contributed by atoms with van der Waals surface area (Å²) in [4.78, 5) is 34.6. The number of phosphoric acid groups is 1. The Morgan fingerprint density at radius 1 is 0.638 bits per heavy atom. The number of rotatable bonds is 33. The molecule has 0 saturated heterocycles. The maximum atomic E-state index is 12.5. The summed E-state index contributed by atoms with van der Waals surface area (Å²) in [6.45, 7) is 3.57. The summed E-state index contributed by atoms with van der Waals surface area (Å²) < 4.78 is 32.5. The van der Waals surface area contributed by atoms with Crippen molar-refractivity contribution in [2.45, 2.75) is 148 Å². The van der Waals surface area contributed by atoms with E-state index in [9.17, 15) is 19.0 Å². The third kappa shape index (κ3) is 33.7. The number of carbonyl (C=O) groups is 2. The highest BCUT2D eigenvalue weighted by molar-refractivity contribution is 7.47. The average molecular weight is 684 g/mol. The first-order valence-electron chi connectivity index (χ1n) is 18.1. The van der Waals surface area contributed by atoms with Gasteiger partial charge in [-0.05, 0) is 70.6 Å². The van der Waals surface area contributed by atoms with Crippen LogP contribution >= 0.6 is 7.82 Å². The molecule has 9 nitrogen and oxygen atoms in total.